The summed E-state index contributed by atoms with van der Waals surface area (Å²) in [5.74, 6) is 0. The number of rotatable bonds is 6. The van der Waals surface area contributed by atoms with Crippen LogP contribution in [0.15, 0.2) is 0 Å². The molecular weight excluding hydrogens is 298 g/mol. The highest BCUT2D eigenvalue weighted by Crippen LogP contribution is 2.24. The van der Waals surface area contributed by atoms with Gasteiger partial charge in [0.25, 0.3) is 0 Å². The van der Waals surface area contributed by atoms with E-state index in [1.54, 1.807) is 0 Å². The van der Waals surface area contributed by atoms with Crippen LogP contribution < -0.4 is 5.32 Å². The van der Waals surface area contributed by atoms with Crippen molar-refractivity contribution in [2.45, 2.75) is 77.3 Å². The lowest BCUT2D eigenvalue weighted by Crippen LogP contribution is -2.38. The van der Waals surface area contributed by atoms with E-state index in [4.69, 9.17) is 0 Å². The third-order valence-electron chi connectivity index (χ3n) is 4.77. The van der Waals surface area contributed by atoms with Crippen LogP contribution in [0.5, 0.6) is 0 Å². The summed E-state index contributed by atoms with van der Waals surface area (Å²) in [7, 11) is -2.92. The van der Waals surface area contributed by atoms with E-state index in [1.165, 1.54) is 17.5 Å². The average Bonchev–Trinajstić information content (AvgIpc) is 2.71. The molecule has 1 aromatic heterocycles. The Kier molecular flexibility index (Phi) is 5.66. The van der Waals surface area contributed by atoms with E-state index < -0.39 is 9.84 Å². The number of nitrogens with one attached hydrogen (secondary N) is 1. The van der Waals surface area contributed by atoms with Gasteiger partial charge in [0.1, 0.15) is 9.84 Å². The number of aromatic nitrogens is 2. The van der Waals surface area contributed by atoms with Gasteiger partial charge in [-0.15, -0.1) is 0 Å². The van der Waals surface area contributed by atoms with Crippen LogP contribution >= 0.6 is 0 Å². The van der Waals surface area contributed by atoms with Gasteiger partial charge < -0.3 is 5.32 Å². The van der Waals surface area contributed by atoms with Crippen LogP contribution in [0.2, 0.25) is 0 Å². The molecule has 0 bridgehead atoms. The first-order valence-corrected chi connectivity index (χ1v) is 10.2. The maximum Gasteiger partial charge on any atom is 0.150 e. The maximum atomic E-state index is 11.7. The minimum absolute atomic E-state index is 0.177. The summed E-state index contributed by atoms with van der Waals surface area (Å²) in [6.07, 6.45) is 6.04. The molecular formula is C16H29N3O2S. The molecule has 0 radical (unpaired) electrons. The lowest BCUT2D eigenvalue weighted by molar-refractivity contribution is 0.370. The topological polar surface area (TPSA) is 64.0 Å². The summed E-state index contributed by atoms with van der Waals surface area (Å²) in [4.78, 5) is 0. The molecule has 5 nitrogen and oxygen atoms in total. The van der Waals surface area contributed by atoms with Gasteiger partial charge in [-0.2, -0.15) is 5.10 Å². The van der Waals surface area contributed by atoms with Gasteiger partial charge in [-0.25, -0.2) is 8.42 Å². The fourth-order valence-electron chi connectivity index (χ4n) is 3.38. The highest BCUT2D eigenvalue weighted by Gasteiger charge is 2.28. The molecule has 6 heteroatoms. The van der Waals surface area contributed by atoms with Crippen molar-refractivity contribution in [1.82, 2.24) is 15.1 Å². The SMILES string of the molecule is CCCn1nc(C)c(CN[C@@H]2CCC[C@H](S(C)(=O)=O)C2)c1C. The molecule has 126 valence electrons. The first-order valence-electron chi connectivity index (χ1n) is 8.28. The van der Waals surface area contributed by atoms with Crippen LogP contribution in [0, 0.1) is 13.8 Å². The van der Waals surface area contributed by atoms with Crippen molar-refractivity contribution in [2.24, 2.45) is 0 Å². The fourth-order valence-corrected chi connectivity index (χ4v) is 4.56. The second-order valence-corrected chi connectivity index (χ2v) is 8.89. The first kappa shape index (κ1) is 17.5. The molecule has 1 fully saturated rings. The van der Waals surface area contributed by atoms with E-state index in [0.29, 0.717) is 6.04 Å². The lowest BCUT2D eigenvalue weighted by atomic mass is 9.94. The molecule has 0 aliphatic heterocycles. The van der Waals surface area contributed by atoms with Crippen LogP contribution in [0.25, 0.3) is 0 Å². The molecule has 1 aliphatic carbocycles. The van der Waals surface area contributed by atoms with Gasteiger partial charge in [-0.05, 0) is 39.5 Å². The third-order valence-corrected chi connectivity index (χ3v) is 6.41. The van der Waals surface area contributed by atoms with Gasteiger partial charge in [-0.1, -0.05) is 13.3 Å². The lowest BCUT2D eigenvalue weighted by Gasteiger charge is -2.28. The summed E-state index contributed by atoms with van der Waals surface area (Å²) in [5, 5.41) is 7.98. The monoisotopic (exact) mass is 327 g/mol. The zero-order valence-corrected chi connectivity index (χ0v) is 15.0. The minimum atomic E-state index is -2.92. The Hall–Kier alpha value is -0.880. The van der Waals surface area contributed by atoms with Gasteiger partial charge in [0.2, 0.25) is 0 Å². The zero-order valence-electron chi connectivity index (χ0n) is 14.2. The molecule has 1 aromatic rings. The van der Waals surface area contributed by atoms with Crippen molar-refractivity contribution in [1.29, 1.82) is 0 Å². The van der Waals surface area contributed by atoms with Crippen LogP contribution in [0.1, 0.15) is 56.0 Å². The fraction of sp³-hybridized carbons (Fsp3) is 0.812. The quantitative estimate of drug-likeness (QED) is 0.871. The molecule has 1 saturated carbocycles. The Balaban J connectivity index is 1.98. The average molecular weight is 327 g/mol. The molecule has 2 atom stereocenters. The smallest absolute Gasteiger partial charge is 0.150 e. The molecule has 22 heavy (non-hydrogen) atoms. The van der Waals surface area contributed by atoms with Crippen molar-refractivity contribution in [3.63, 3.8) is 0 Å². The molecule has 0 spiro atoms. The van der Waals surface area contributed by atoms with Crippen LogP contribution in [-0.2, 0) is 22.9 Å². The highest BCUT2D eigenvalue weighted by molar-refractivity contribution is 7.91. The van der Waals surface area contributed by atoms with Crippen molar-refractivity contribution in [3.8, 4) is 0 Å². The van der Waals surface area contributed by atoms with Gasteiger partial charge in [0.05, 0.1) is 10.9 Å². The number of hydrogen-bond acceptors (Lipinski definition) is 4. The molecule has 1 aliphatic rings. The Morgan fingerprint density at radius 3 is 2.68 bits per heavy atom. The largest absolute Gasteiger partial charge is 0.310 e. The van der Waals surface area contributed by atoms with Crippen molar-refractivity contribution in [3.05, 3.63) is 17.0 Å². The van der Waals surface area contributed by atoms with Crippen molar-refractivity contribution < 1.29 is 8.42 Å². The van der Waals surface area contributed by atoms with Crippen molar-refractivity contribution >= 4 is 9.84 Å². The molecule has 0 unspecified atom stereocenters. The number of hydrogen-bond donors (Lipinski definition) is 1. The summed E-state index contributed by atoms with van der Waals surface area (Å²) in [6, 6.07) is 0.293. The van der Waals surface area contributed by atoms with E-state index in [1.807, 2.05) is 0 Å². The van der Waals surface area contributed by atoms with Crippen molar-refractivity contribution in [2.75, 3.05) is 6.26 Å². The van der Waals surface area contributed by atoms with Crippen LogP contribution in [0.3, 0.4) is 0 Å². The van der Waals surface area contributed by atoms with Gasteiger partial charge in [0, 0.05) is 36.6 Å². The predicted octanol–water partition coefficient (Wildman–Crippen LogP) is 2.36. The molecule has 0 amide bonds. The molecule has 1 heterocycles. The summed E-state index contributed by atoms with van der Waals surface area (Å²) in [5.41, 5.74) is 3.56. The second kappa shape index (κ2) is 7.13. The summed E-state index contributed by atoms with van der Waals surface area (Å²) in [6.45, 7) is 8.06. The number of sulfone groups is 1. The van der Waals surface area contributed by atoms with Gasteiger partial charge in [-0.3, -0.25) is 4.68 Å². The second-order valence-electron chi connectivity index (χ2n) is 6.57. The van der Waals surface area contributed by atoms with E-state index in [0.717, 1.165) is 50.9 Å². The van der Waals surface area contributed by atoms with Gasteiger partial charge in [0.15, 0.2) is 0 Å². The van der Waals surface area contributed by atoms with E-state index in [2.05, 4.69) is 35.9 Å². The van der Waals surface area contributed by atoms with Crippen LogP contribution in [-0.4, -0.2) is 35.7 Å². The van der Waals surface area contributed by atoms with E-state index in [9.17, 15) is 8.42 Å². The van der Waals surface area contributed by atoms with E-state index in [-0.39, 0.29) is 5.25 Å². The van der Waals surface area contributed by atoms with Gasteiger partial charge >= 0.3 is 0 Å². The Morgan fingerprint density at radius 2 is 2.05 bits per heavy atom. The standard InChI is InChI=1S/C16H29N3O2S/c1-5-9-19-13(3)16(12(2)18-19)11-17-14-7-6-8-15(10-14)22(4,20)21/h14-15,17H,5-11H2,1-4H3/t14-,15+/m1/s1. The normalized spacial score (nSPS) is 22.9. The van der Waals surface area contributed by atoms with Crippen LogP contribution in [0.4, 0.5) is 0 Å². The minimum Gasteiger partial charge on any atom is -0.310 e. The molecule has 2 rings (SSSR count). The molecule has 0 aromatic carbocycles. The summed E-state index contributed by atoms with van der Waals surface area (Å²) < 4.78 is 25.6. The number of aryl methyl sites for hydroxylation is 2. The Bertz CT molecular complexity index is 607. The molecule has 0 saturated heterocycles. The number of nitrogens with zero attached hydrogens (tertiary/aromatic N) is 2. The summed E-state index contributed by atoms with van der Waals surface area (Å²) >= 11 is 0. The predicted molar refractivity (Wildman–Crippen MR) is 89.7 cm³/mol. The highest BCUT2D eigenvalue weighted by atomic mass is 32.2. The Labute approximate surface area is 134 Å². The zero-order chi connectivity index (χ0) is 16.3. The van der Waals surface area contributed by atoms with E-state index >= 15 is 0 Å². The maximum absolute atomic E-state index is 11.7. The molecule has 1 N–H and O–H groups in total. The Morgan fingerprint density at radius 1 is 1.32 bits per heavy atom. The third kappa shape index (κ3) is 4.10. The first-order chi connectivity index (χ1) is 10.3.